The Bertz CT molecular complexity index is 513. The van der Waals surface area contributed by atoms with Crippen molar-refractivity contribution in [3.63, 3.8) is 0 Å². The van der Waals surface area contributed by atoms with Crippen LogP contribution in [0.2, 0.25) is 0 Å². The van der Waals surface area contributed by atoms with Crippen molar-refractivity contribution in [2.45, 2.75) is 6.92 Å². The van der Waals surface area contributed by atoms with Crippen molar-refractivity contribution in [2.75, 3.05) is 5.32 Å². The average Bonchev–Trinajstić information content (AvgIpc) is 2.74. The molecule has 0 bridgehead atoms. The molecule has 0 radical (unpaired) electrons. The molecule has 0 aliphatic carbocycles. The Morgan fingerprint density at radius 1 is 1.50 bits per heavy atom. The second kappa shape index (κ2) is 4.88. The van der Waals surface area contributed by atoms with E-state index in [1.807, 2.05) is 19.1 Å². The minimum absolute atomic E-state index is 0.156. The Morgan fingerprint density at radius 3 is 2.94 bits per heavy atom. The topological polar surface area (TPSA) is 54.9 Å². The molecule has 2 rings (SSSR count). The van der Waals surface area contributed by atoms with Gasteiger partial charge in [-0.3, -0.25) is 10.1 Å². The van der Waals surface area contributed by atoms with E-state index in [2.05, 4.69) is 38.1 Å². The molecule has 0 aliphatic heterocycles. The van der Waals surface area contributed by atoms with Gasteiger partial charge in [0.15, 0.2) is 0 Å². The van der Waals surface area contributed by atoms with Crippen LogP contribution in [0.25, 0.3) is 0 Å². The minimum atomic E-state index is -0.156. The number of nitrogens with one attached hydrogen (secondary N) is 1. The lowest BCUT2D eigenvalue weighted by Gasteiger charge is -2.03. The van der Waals surface area contributed by atoms with Crippen LogP contribution in [0.3, 0.4) is 0 Å². The number of nitrogens with zero attached hydrogens (tertiary/aromatic N) is 2. The summed E-state index contributed by atoms with van der Waals surface area (Å²) in [4.78, 5) is 11.8. The number of carbonyl (C=O) groups excluding carboxylic acids is 1. The summed E-state index contributed by atoms with van der Waals surface area (Å²) in [5.41, 5.74) is 3.30. The largest absolute Gasteiger partial charge is 0.296 e. The Hall–Kier alpha value is -1.02. The Kier molecular flexibility index (Phi) is 3.49. The molecular weight excluding hydrogens is 337 g/mol. The summed E-state index contributed by atoms with van der Waals surface area (Å²) in [6, 6.07) is 5.58. The third kappa shape index (κ3) is 2.56. The highest BCUT2D eigenvalue weighted by molar-refractivity contribution is 14.1. The SMILES string of the molecule is Cc1cc(C(=O)Nc2nncs2)ccc1I. The molecule has 0 saturated heterocycles. The lowest BCUT2D eigenvalue weighted by Crippen LogP contribution is -2.12. The molecule has 0 aliphatic rings. The van der Waals surface area contributed by atoms with E-state index in [1.165, 1.54) is 11.3 Å². The number of aryl methyl sites for hydroxylation is 1. The van der Waals surface area contributed by atoms with Crippen molar-refractivity contribution in [3.8, 4) is 0 Å². The summed E-state index contributed by atoms with van der Waals surface area (Å²) < 4.78 is 1.14. The molecule has 2 aromatic rings. The molecule has 0 saturated carbocycles. The fraction of sp³-hybridized carbons (Fsp3) is 0.100. The minimum Gasteiger partial charge on any atom is -0.296 e. The molecule has 6 heteroatoms. The first-order chi connectivity index (χ1) is 7.66. The van der Waals surface area contributed by atoms with Crippen LogP contribution in [0.4, 0.5) is 5.13 Å². The van der Waals surface area contributed by atoms with Gasteiger partial charge in [0.05, 0.1) is 0 Å². The van der Waals surface area contributed by atoms with Crippen LogP contribution in [-0.2, 0) is 0 Å². The number of carbonyl (C=O) groups is 1. The number of benzene rings is 1. The van der Waals surface area contributed by atoms with Crippen molar-refractivity contribution >= 4 is 45.0 Å². The molecule has 1 aromatic carbocycles. The van der Waals surface area contributed by atoms with Gasteiger partial charge in [0.1, 0.15) is 5.51 Å². The number of rotatable bonds is 2. The molecule has 82 valence electrons. The zero-order chi connectivity index (χ0) is 11.5. The molecular formula is C10H8IN3OS. The highest BCUT2D eigenvalue weighted by atomic mass is 127. The highest BCUT2D eigenvalue weighted by Gasteiger charge is 2.08. The zero-order valence-corrected chi connectivity index (χ0v) is 11.4. The summed E-state index contributed by atoms with van der Waals surface area (Å²) in [6.07, 6.45) is 0. The van der Waals surface area contributed by atoms with Gasteiger partial charge in [0.25, 0.3) is 5.91 Å². The van der Waals surface area contributed by atoms with Crippen LogP contribution in [-0.4, -0.2) is 16.1 Å². The number of hydrogen-bond acceptors (Lipinski definition) is 4. The van der Waals surface area contributed by atoms with Gasteiger partial charge in [-0.05, 0) is 53.3 Å². The predicted molar refractivity (Wildman–Crippen MR) is 71.8 cm³/mol. The van der Waals surface area contributed by atoms with E-state index in [-0.39, 0.29) is 5.91 Å². The molecule has 1 amide bonds. The van der Waals surface area contributed by atoms with Crippen molar-refractivity contribution < 1.29 is 4.79 Å². The molecule has 16 heavy (non-hydrogen) atoms. The second-order valence-electron chi connectivity index (χ2n) is 3.16. The van der Waals surface area contributed by atoms with Gasteiger partial charge in [-0.2, -0.15) is 0 Å². The van der Waals surface area contributed by atoms with Gasteiger partial charge >= 0.3 is 0 Å². The zero-order valence-electron chi connectivity index (χ0n) is 8.40. The first-order valence-electron chi connectivity index (χ1n) is 4.50. The lowest BCUT2D eigenvalue weighted by atomic mass is 10.1. The number of anilines is 1. The number of amides is 1. The first-order valence-corrected chi connectivity index (χ1v) is 6.46. The highest BCUT2D eigenvalue weighted by Crippen LogP contribution is 2.15. The summed E-state index contributed by atoms with van der Waals surface area (Å²) in [5, 5.41) is 10.6. The van der Waals surface area contributed by atoms with Crippen LogP contribution in [0.5, 0.6) is 0 Å². The second-order valence-corrected chi connectivity index (χ2v) is 5.16. The Labute approximate surface area is 110 Å². The molecule has 1 aromatic heterocycles. The monoisotopic (exact) mass is 345 g/mol. The maximum atomic E-state index is 11.8. The van der Waals surface area contributed by atoms with Crippen molar-refractivity contribution in [1.29, 1.82) is 0 Å². The average molecular weight is 345 g/mol. The molecule has 4 nitrogen and oxygen atoms in total. The van der Waals surface area contributed by atoms with Gasteiger partial charge in [-0.1, -0.05) is 11.3 Å². The lowest BCUT2D eigenvalue weighted by molar-refractivity contribution is 0.102. The standard InChI is InChI=1S/C10H8IN3OS/c1-6-4-7(2-3-8(6)11)9(15)13-10-14-12-5-16-10/h2-5H,1H3,(H,13,14,15). The fourth-order valence-corrected chi connectivity index (χ4v) is 1.96. The van der Waals surface area contributed by atoms with E-state index < -0.39 is 0 Å². The summed E-state index contributed by atoms with van der Waals surface area (Å²) in [5.74, 6) is -0.156. The molecule has 0 unspecified atom stereocenters. The predicted octanol–water partition coefficient (Wildman–Crippen LogP) is 2.70. The molecule has 0 spiro atoms. The van der Waals surface area contributed by atoms with Crippen molar-refractivity contribution in [3.05, 3.63) is 38.4 Å². The number of aromatic nitrogens is 2. The molecule has 1 heterocycles. The van der Waals surface area contributed by atoms with Gasteiger partial charge in [0.2, 0.25) is 5.13 Å². The van der Waals surface area contributed by atoms with E-state index in [9.17, 15) is 4.79 Å². The third-order valence-electron chi connectivity index (χ3n) is 2.00. The van der Waals surface area contributed by atoms with E-state index in [0.29, 0.717) is 10.7 Å². The number of hydrogen-bond donors (Lipinski definition) is 1. The van der Waals surface area contributed by atoms with Crippen LogP contribution >= 0.6 is 33.9 Å². The van der Waals surface area contributed by atoms with Crippen LogP contribution in [0, 0.1) is 10.5 Å². The summed E-state index contributed by atoms with van der Waals surface area (Å²) in [7, 11) is 0. The van der Waals surface area contributed by atoms with Crippen LogP contribution in [0.1, 0.15) is 15.9 Å². The maximum absolute atomic E-state index is 11.8. The third-order valence-corrected chi connectivity index (χ3v) is 3.82. The van der Waals surface area contributed by atoms with E-state index in [4.69, 9.17) is 0 Å². The smallest absolute Gasteiger partial charge is 0.257 e. The summed E-state index contributed by atoms with van der Waals surface area (Å²) >= 11 is 3.53. The summed E-state index contributed by atoms with van der Waals surface area (Å²) in [6.45, 7) is 1.98. The van der Waals surface area contributed by atoms with Crippen LogP contribution in [0.15, 0.2) is 23.7 Å². The molecule has 1 N–H and O–H groups in total. The van der Waals surface area contributed by atoms with Crippen LogP contribution < -0.4 is 5.32 Å². The maximum Gasteiger partial charge on any atom is 0.257 e. The normalized spacial score (nSPS) is 10.1. The fourth-order valence-electron chi connectivity index (χ4n) is 1.18. The quantitative estimate of drug-likeness (QED) is 0.852. The van der Waals surface area contributed by atoms with Gasteiger partial charge in [0, 0.05) is 9.13 Å². The number of halogens is 1. The van der Waals surface area contributed by atoms with Gasteiger partial charge < -0.3 is 0 Å². The molecule has 0 atom stereocenters. The van der Waals surface area contributed by atoms with Crippen molar-refractivity contribution in [2.24, 2.45) is 0 Å². The van der Waals surface area contributed by atoms with Gasteiger partial charge in [-0.15, -0.1) is 10.2 Å². The van der Waals surface area contributed by atoms with E-state index in [1.54, 1.807) is 11.6 Å². The first kappa shape index (κ1) is 11.5. The Morgan fingerprint density at radius 2 is 2.31 bits per heavy atom. The Balaban J connectivity index is 2.18. The van der Waals surface area contributed by atoms with Crippen molar-refractivity contribution in [1.82, 2.24) is 10.2 Å². The van der Waals surface area contributed by atoms with E-state index in [0.717, 1.165) is 9.13 Å². The molecule has 0 fully saturated rings. The van der Waals surface area contributed by atoms with E-state index >= 15 is 0 Å². The van der Waals surface area contributed by atoms with Gasteiger partial charge in [-0.25, -0.2) is 0 Å².